The Labute approximate surface area is 177 Å². The SMILES string of the molecule is CCCCCC(=O)NCC#Cc1cn([C@H]2CC(O)[C@@H](COP(=O)(O)O)O2)c(=O)[nH]c1=O. The summed E-state index contributed by atoms with van der Waals surface area (Å²) in [7, 11) is -4.75. The van der Waals surface area contributed by atoms with E-state index in [1.807, 2.05) is 6.92 Å². The summed E-state index contributed by atoms with van der Waals surface area (Å²) in [6.45, 7) is 1.49. The zero-order valence-electron chi connectivity index (χ0n) is 16.9. The minimum atomic E-state index is -4.75. The lowest BCUT2D eigenvalue weighted by molar-refractivity contribution is -0.120. The van der Waals surface area contributed by atoms with Gasteiger partial charge in [0.25, 0.3) is 5.56 Å². The van der Waals surface area contributed by atoms with Gasteiger partial charge in [0.2, 0.25) is 5.91 Å². The fraction of sp³-hybridized carbons (Fsp3) is 0.611. The molecule has 5 N–H and O–H groups in total. The molecule has 13 heteroatoms. The number of ether oxygens (including phenoxy) is 1. The molecule has 1 aliphatic rings. The second kappa shape index (κ2) is 11.4. The molecule has 3 atom stereocenters. The van der Waals surface area contributed by atoms with E-state index in [9.17, 15) is 24.1 Å². The number of carbonyl (C=O) groups is 1. The Balaban J connectivity index is 2.04. The average molecular weight is 459 g/mol. The Bertz CT molecular complexity index is 987. The molecule has 1 amide bonds. The molecule has 1 aliphatic heterocycles. The van der Waals surface area contributed by atoms with E-state index in [4.69, 9.17) is 14.5 Å². The third-order valence-electron chi connectivity index (χ3n) is 4.49. The summed E-state index contributed by atoms with van der Waals surface area (Å²) >= 11 is 0. The number of aromatic amines is 1. The second-order valence-electron chi connectivity index (χ2n) is 6.96. The fourth-order valence-corrected chi connectivity index (χ4v) is 3.24. The standard InChI is InChI=1S/C18H26N3O9P/c1-2-3-4-7-15(23)19-8-5-6-12-10-21(18(25)20-17(12)24)16-9-13(22)14(30-16)11-29-31(26,27)28/h10,13-14,16,22H,2-4,7-9,11H2,1H3,(H,19,23)(H,20,24,25)(H2,26,27,28)/t13?,14-,16-/m1/s1. The van der Waals surface area contributed by atoms with Crippen LogP contribution >= 0.6 is 7.82 Å². The quantitative estimate of drug-likeness (QED) is 0.182. The largest absolute Gasteiger partial charge is 0.469 e. The fourth-order valence-electron chi connectivity index (χ4n) is 2.90. The molecule has 1 saturated heterocycles. The molecule has 2 heterocycles. The lowest BCUT2D eigenvalue weighted by Gasteiger charge is -2.16. The Morgan fingerprint density at radius 3 is 2.84 bits per heavy atom. The zero-order valence-corrected chi connectivity index (χ0v) is 17.8. The van der Waals surface area contributed by atoms with E-state index in [1.165, 1.54) is 6.20 Å². The number of hydrogen-bond donors (Lipinski definition) is 5. The number of phosphoric acid groups is 1. The maximum Gasteiger partial charge on any atom is 0.469 e. The van der Waals surface area contributed by atoms with Crippen LogP contribution in [-0.4, -0.2) is 55.7 Å². The monoisotopic (exact) mass is 459 g/mol. The van der Waals surface area contributed by atoms with Crippen LogP contribution in [0.4, 0.5) is 0 Å². The van der Waals surface area contributed by atoms with Crippen LogP contribution in [0.25, 0.3) is 0 Å². The maximum atomic E-state index is 12.1. The molecule has 1 aromatic heterocycles. The molecule has 172 valence electrons. The smallest absolute Gasteiger partial charge is 0.390 e. The number of unbranched alkanes of at least 4 members (excludes halogenated alkanes) is 2. The molecule has 1 fully saturated rings. The lowest BCUT2D eigenvalue weighted by Crippen LogP contribution is -2.33. The molecule has 0 bridgehead atoms. The number of nitrogens with zero attached hydrogens (tertiary/aromatic N) is 1. The van der Waals surface area contributed by atoms with Crippen molar-refractivity contribution in [2.75, 3.05) is 13.2 Å². The molecule has 0 aromatic carbocycles. The first-order chi connectivity index (χ1) is 14.6. The Kier molecular flexibility index (Phi) is 9.18. The van der Waals surface area contributed by atoms with E-state index in [-0.39, 0.29) is 24.4 Å². The molecular formula is C18H26N3O9P. The van der Waals surface area contributed by atoms with Gasteiger partial charge in [-0.25, -0.2) is 9.36 Å². The highest BCUT2D eigenvalue weighted by Gasteiger charge is 2.37. The molecule has 12 nitrogen and oxygen atoms in total. The normalized spacial score (nSPS) is 20.8. The zero-order chi connectivity index (χ0) is 23.0. The van der Waals surface area contributed by atoms with Crippen LogP contribution in [0.2, 0.25) is 0 Å². The van der Waals surface area contributed by atoms with E-state index in [1.54, 1.807) is 0 Å². The summed E-state index contributed by atoms with van der Waals surface area (Å²) in [6.07, 6.45) is 1.03. The van der Waals surface area contributed by atoms with Crippen molar-refractivity contribution in [3.05, 3.63) is 32.6 Å². The van der Waals surface area contributed by atoms with Crippen molar-refractivity contribution in [3.63, 3.8) is 0 Å². The van der Waals surface area contributed by atoms with Crippen LogP contribution in [0, 0.1) is 11.8 Å². The highest BCUT2D eigenvalue weighted by atomic mass is 31.2. The van der Waals surface area contributed by atoms with Gasteiger partial charge in [0.1, 0.15) is 17.9 Å². The van der Waals surface area contributed by atoms with Crippen molar-refractivity contribution < 1.29 is 33.5 Å². The van der Waals surface area contributed by atoms with E-state index < -0.39 is 44.1 Å². The van der Waals surface area contributed by atoms with Crippen molar-refractivity contribution in [1.82, 2.24) is 14.9 Å². The Morgan fingerprint density at radius 1 is 1.42 bits per heavy atom. The summed E-state index contributed by atoms with van der Waals surface area (Å²) in [5.74, 6) is 5.08. The molecule has 2 rings (SSSR count). The molecule has 1 aromatic rings. The van der Waals surface area contributed by atoms with E-state index in [2.05, 4.69) is 26.7 Å². The highest BCUT2D eigenvalue weighted by Crippen LogP contribution is 2.38. The molecule has 1 unspecified atom stereocenters. The molecule has 0 radical (unpaired) electrons. The Morgan fingerprint density at radius 2 is 2.16 bits per heavy atom. The number of rotatable bonds is 9. The summed E-state index contributed by atoms with van der Waals surface area (Å²) in [5, 5.41) is 12.6. The second-order valence-corrected chi connectivity index (χ2v) is 8.20. The topological polar surface area (TPSA) is 180 Å². The van der Waals surface area contributed by atoms with Crippen molar-refractivity contribution in [3.8, 4) is 11.8 Å². The van der Waals surface area contributed by atoms with Crippen molar-refractivity contribution in [1.29, 1.82) is 0 Å². The Hall–Kier alpha value is -2.26. The number of nitrogens with one attached hydrogen (secondary N) is 2. The predicted molar refractivity (Wildman–Crippen MR) is 108 cm³/mol. The number of hydrogen-bond acceptors (Lipinski definition) is 7. The third-order valence-corrected chi connectivity index (χ3v) is 4.98. The van der Waals surface area contributed by atoms with Crippen molar-refractivity contribution in [2.24, 2.45) is 0 Å². The number of H-pyrrole nitrogens is 1. The maximum absolute atomic E-state index is 12.1. The molecule has 0 spiro atoms. The van der Waals surface area contributed by atoms with Crippen molar-refractivity contribution in [2.45, 2.75) is 57.5 Å². The molecule has 0 saturated carbocycles. The predicted octanol–water partition coefficient (Wildman–Crippen LogP) is -0.658. The summed E-state index contributed by atoms with van der Waals surface area (Å²) < 4.78 is 21.6. The number of aromatic nitrogens is 2. The lowest BCUT2D eigenvalue weighted by atomic mass is 10.2. The summed E-state index contributed by atoms with van der Waals surface area (Å²) in [5.41, 5.74) is -1.57. The first-order valence-corrected chi connectivity index (χ1v) is 11.3. The first kappa shape index (κ1) is 25.0. The van der Waals surface area contributed by atoms with Crippen LogP contribution in [0.3, 0.4) is 0 Å². The first-order valence-electron chi connectivity index (χ1n) is 9.75. The van der Waals surface area contributed by atoms with Gasteiger partial charge < -0.3 is 24.9 Å². The van der Waals surface area contributed by atoms with Crippen LogP contribution < -0.4 is 16.6 Å². The van der Waals surface area contributed by atoms with E-state index >= 15 is 0 Å². The van der Waals surface area contributed by atoms with E-state index in [0.717, 1.165) is 23.8 Å². The number of phosphoric ester groups is 1. The minimum Gasteiger partial charge on any atom is -0.390 e. The van der Waals surface area contributed by atoms with Crippen molar-refractivity contribution >= 4 is 13.7 Å². The summed E-state index contributed by atoms with van der Waals surface area (Å²) in [4.78, 5) is 55.4. The van der Waals surface area contributed by atoms with Gasteiger partial charge in [-0.05, 0) is 6.42 Å². The van der Waals surface area contributed by atoms with Gasteiger partial charge >= 0.3 is 13.5 Å². The molecular weight excluding hydrogens is 433 g/mol. The van der Waals surface area contributed by atoms with Gasteiger partial charge in [-0.2, -0.15) is 0 Å². The van der Waals surface area contributed by atoms with Gasteiger partial charge in [0, 0.05) is 19.0 Å². The van der Waals surface area contributed by atoms with Crippen LogP contribution in [0.5, 0.6) is 0 Å². The van der Waals surface area contributed by atoms with Gasteiger partial charge in [-0.15, -0.1) is 0 Å². The van der Waals surface area contributed by atoms with Gasteiger partial charge in [-0.1, -0.05) is 31.6 Å². The van der Waals surface area contributed by atoms with Crippen LogP contribution in [0.1, 0.15) is 50.8 Å². The average Bonchev–Trinajstić information content (AvgIpc) is 3.05. The number of aliphatic hydroxyl groups excluding tert-OH is 1. The minimum absolute atomic E-state index is 0.0317. The van der Waals surface area contributed by atoms with E-state index in [0.29, 0.717) is 6.42 Å². The van der Waals surface area contributed by atoms with Crippen LogP contribution in [-0.2, 0) is 18.6 Å². The number of carbonyl (C=O) groups excluding carboxylic acids is 1. The van der Waals surface area contributed by atoms with Gasteiger partial charge in [0.15, 0.2) is 0 Å². The number of aliphatic hydroxyl groups is 1. The summed E-state index contributed by atoms with van der Waals surface area (Å²) in [6, 6.07) is 0. The number of amides is 1. The third kappa shape index (κ3) is 8.06. The van der Waals surface area contributed by atoms with Gasteiger partial charge in [-0.3, -0.25) is 23.7 Å². The highest BCUT2D eigenvalue weighted by molar-refractivity contribution is 7.46. The molecule has 0 aliphatic carbocycles. The molecule has 31 heavy (non-hydrogen) atoms. The van der Waals surface area contributed by atoms with Gasteiger partial charge in [0.05, 0.1) is 19.3 Å². The van der Waals surface area contributed by atoms with Crippen LogP contribution in [0.15, 0.2) is 15.8 Å².